The standard InChI is InChI=1S/C19H19ClFN3O3.C17H16ClFN2O2.C2H4ClNO/c1-22-19(26)24-17-11-4-3-5-12(13(11)9-16(17)27-2)18(25)23-10-6-7-15(21)14(20)8-10;1-23-15-8-12-10(16(15)20)3-2-4-11(12)17(22)21-9-5-6-14(19)13(18)7-9;1-4-2(3)5/h3-8,16-17H,9H2,1-2H3,(H,23,25)(H2,22,24,26);2-7,15-16H,8,20H2,1H3,(H,21,22);1H3,(H,4,5)/t16-,17-;15-,16-;/m11./s1. The van der Waals surface area contributed by atoms with Gasteiger partial charge in [-0.3, -0.25) is 14.4 Å². The Labute approximate surface area is 331 Å². The number of methoxy groups -OCH3 is 2. The average molecular weight is 820 g/mol. The summed E-state index contributed by atoms with van der Waals surface area (Å²) in [6.45, 7) is 0. The molecule has 0 saturated carbocycles. The van der Waals surface area contributed by atoms with Crippen molar-refractivity contribution >= 4 is 69.4 Å². The van der Waals surface area contributed by atoms with E-state index >= 15 is 0 Å². The van der Waals surface area contributed by atoms with Gasteiger partial charge in [0.2, 0.25) is 0 Å². The maximum atomic E-state index is 13.3. The molecule has 17 heteroatoms. The highest BCUT2D eigenvalue weighted by molar-refractivity contribution is 6.62. The van der Waals surface area contributed by atoms with Crippen LogP contribution in [-0.4, -0.2) is 63.7 Å². The topological polar surface area (TPSA) is 173 Å². The van der Waals surface area contributed by atoms with Crippen molar-refractivity contribution in [1.29, 1.82) is 0 Å². The van der Waals surface area contributed by atoms with Gasteiger partial charge in [-0.1, -0.05) is 47.5 Å². The molecule has 0 aromatic heterocycles. The number of anilines is 2. The number of hydrogen-bond donors (Lipinski definition) is 6. The van der Waals surface area contributed by atoms with Gasteiger partial charge < -0.3 is 41.8 Å². The van der Waals surface area contributed by atoms with Crippen molar-refractivity contribution in [2.24, 2.45) is 5.73 Å². The Morgan fingerprint density at radius 1 is 0.709 bits per heavy atom. The quantitative estimate of drug-likeness (QED) is 0.0850. The highest BCUT2D eigenvalue weighted by Gasteiger charge is 2.36. The van der Waals surface area contributed by atoms with Crippen LogP contribution in [0.5, 0.6) is 0 Å². The Morgan fingerprint density at radius 3 is 1.60 bits per heavy atom. The molecular formula is C38H39Cl3F2N6O6. The predicted octanol–water partition coefficient (Wildman–Crippen LogP) is 7.14. The van der Waals surface area contributed by atoms with Crippen LogP contribution < -0.4 is 32.3 Å². The summed E-state index contributed by atoms with van der Waals surface area (Å²) in [4.78, 5) is 46.5. The van der Waals surface area contributed by atoms with Gasteiger partial charge in [-0.05, 0) is 82.4 Å². The van der Waals surface area contributed by atoms with Crippen LogP contribution >= 0.6 is 34.8 Å². The van der Waals surface area contributed by atoms with E-state index < -0.39 is 17.0 Å². The van der Waals surface area contributed by atoms with Crippen LogP contribution in [0.2, 0.25) is 10.0 Å². The van der Waals surface area contributed by atoms with Crippen molar-refractivity contribution in [2.75, 3.05) is 38.9 Å². The summed E-state index contributed by atoms with van der Waals surface area (Å²) >= 11 is 16.2. The van der Waals surface area contributed by atoms with Gasteiger partial charge in [0, 0.05) is 63.7 Å². The predicted molar refractivity (Wildman–Crippen MR) is 208 cm³/mol. The molecule has 0 spiro atoms. The summed E-state index contributed by atoms with van der Waals surface area (Å²) in [7, 11) is 6.17. The van der Waals surface area contributed by atoms with E-state index in [2.05, 4.69) is 26.6 Å². The average Bonchev–Trinajstić information content (AvgIpc) is 3.71. The summed E-state index contributed by atoms with van der Waals surface area (Å²) in [6, 6.07) is 17.9. The van der Waals surface area contributed by atoms with Gasteiger partial charge in [0.1, 0.15) is 11.6 Å². The van der Waals surface area contributed by atoms with E-state index in [-0.39, 0.29) is 52.2 Å². The van der Waals surface area contributed by atoms with Gasteiger partial charge in [-0.2, -0.15) is 0 Å². The molecule has 0 bridgehead atoms. The van der Waals surface area contributed by atoms with E-state index in [1.54, 1.807) is 38.5 Å². The number of urea groups is 1. The molecule has 55 heavy (non-hydrogen) atoms. The zero-order valence-corrected chi connectivity index (χ0v) is 32.3. The van der Waals surface area contributed by atoms with Gasteiger partial charge in [-0.15, -0.1) is 0 Å². The highest BCUT2D eigenvalue weighted by Crippen LogP contribution is 2.36. The third-order valence-corrected chi connectivity index (χ3v) is 9.63. The fourth-order valence-electron chi connectivity index (χ4n) is 6.12. The molecule has 292 valence electrons. The van der Waals surface area contributed by atoms with Crippen molar-refractivity contribution in [1.82, 2.24) is 16.0 Å². The molecule has 4 aromatic rings. The maximum Gasteiger partial charge on any atom is 0.315 e. The minimum absolute atomic E-state index is 0.0393. The summed E-state index contributed by atoms with van der Waals surface area (Å²) in [5, 5.41) is 12.3. The van der Waals surface area contributed by atoms with Gasteiger partial charge in [-0.25, -0.2) is 13.6 Å². The molecule has 2 aliphatic rings. The summed E-state index contributed by atoms with van der Waals surface area (Å²) in [5.74, 6) is -1.71. The third kappa shape index (κ3) is 10.7. The van der Waals surface area contributed by atoms with Gasteiger partial charge in [0.25, 0.3) is 11.8 Å². The first kappa shape index (κ1) is 42.9. The number of hydrogen-bond acceptors (Lipinski definition) is 7. The number of carbonyl (C=O) groups excluding carboxylic acids is 4. The second-order valence-electron chi connectivity index (χ2n) is 12.1. The first-order valence-corrected chi connectivity index (χ1v) is 17.8. The molecule has 0 aliphatic heterocycles. The Kier molecular flexibility index (Phi) is 15.3. The second kappa shape index (κ2) is 19.7. The Hall–Kier alpha value is -4.83. The van der Waals surface area contributed by atoms with Crippen LogP contribution in [-0.2, 0) is 22.3 Å². The summed E-state index contributed by atoms with van der Waals surface area (Å²) in [5.41, 5.74) is 11.4. The van der Waals surface area contributed by atoms with Crippen LogP contribution in [0.15, 0.2) is 72.8 Å². The van der Waals surface area contributed by atoms with Crippen LogP contribution in [0.4, 0.5) is 29.7 Å². The van der Waals surface area contributed by atoms with Gasteiger partial charge in [0.15, 0.2) is 0 Å². The van der Waals surface area contributed by atoms with E-state index in [1.807, 2.05) is 12.1 Å². The molecule has 5 amide bonds. The molecule has 7 N–H and O–H groups in total. The number of ether oxygens (including phenoxy) is 2. The zero-order chi connectivity index (χ0) is 40.4. The first-order valence-electron chi connectivity index (χ1n) is 16.7. The van der Waals surface area contributed by atoms with E-state index in [0.717, 1.165) is 22.3 Å². The van der Waals surface area contributed by atoms with Crippen LogP contribution in [0.3, 0.4) is 0 Å². The lowest BCUT2D eigenvalue weighted by atomic mass is 10.0. The van der Waals surface area contributed by atoms with Gasteiger partial charge in [0.05, 0.1) is 34.3 Å². The minimum Gasteiger partial charge on any atom is -0.379 e. The van der Waals surface area contributed by atoms with Crippen molar-refractivity contribution in [3.8, 4) is 0 Å². The highest BCUT2D eigenvalue weighted by atomic mass is 35.5. The lowest BCUT2D eigenvalue weighted by Gasteiger charge is -2.20. The third-order valence-electron chi connectivity index (χ3n) is 8.86. The molecule has 4 atom stereocenters. The molecule has 12 nitrogen and oxygen atoms in total. The molecule has 4 aromatic carbocycles. The lowest BCUT2D eigenvalue weighted by Crippen LogP contribution is -2.39. The minimum atomic E-state index is -0.554. The number of nitrogens with one attached hydrogen (secondary N) is 5. The number of nitrogens with two attached hydrogens (primary N) is 1. The van der Waals surface area contributed by atoms with Crippen molar-refractivity contribution in [3.63, 3.8) is 0 Å². The fraction of sp³-hybridized carbons (Fsp3) is 0.263. The van der Waals surface area contributed by atoms with Gasteiger partial charge >= 0.3 is 11.4 Å². The molecule has 0 unspecified atom stereocenters. The zero-order valence-electron chi connectivity index (χ0n) is 30.1. The lowest BCUT2D eigenvalue weighted by molar-refractivity contribution is 0.0814. The SMILES string of the molecule is CNC(=O)Cl.CNC(=O)N[C@@H]1c2cccc(C(=O)Nc3ccc(F)c(Cl)c3)c2C[C@H]1OC.CO[C@@H]1Cc2c(C(=O)Nc3ccc(F)c(Cl)c3)cccc2[C@H]1N. The first-order chi connectivity index (χ1) is 26.2. The van der Waals surface area contributed by atoms with E-state index in [4.69, 9.17) is 50.0 Å². The summed E-state index contributed by atoms with van der Waals surface area (Å²) in [6.07, 6.45) is 0.639. The second-order valence-corrected chi connectivity index (χ2v) is 13.3. The normalized spacial score (nSPS) is 17.6. The number of halogens is 5. The monoisotopic (exact) mass is 818 g/mol. The number of carbonyl (C=O) groups is 4. The number of benzene rings is 4. The van der Waals surface area contributed by atoms with E-state index in [9.17, 15) is 28.0 Å². The van der Waals surface area contributed by atoms with E-state index in [1.165, 1.54) is 50.5 Å². The Morgan fingerprint density at radius 2 is 1.16 bits per heavy atom. The molecular weight excluding hydrogens is 781 g/mol. The van der Waals surface area contributed by atoms with Crippen molar-refractivity contribution < 1.29 is 37.4 Å². The number of amides is 5. The number of fused-ring (bicyclic) bond motifs is 2. The van der Waals surface area contributed by atoms with Crippen LogP contribution in [0, 0.1) is 11.6 Å². The Bertz CT molecular complexity index is 2060. The smallest absolute Gasteiger partial charge is 0.315 e. The molecule has 0 radical (unpaired) electrons. The Balaban J connectivity index is 0.000000220. The van der Waals surface area contributed by atoms with Crippen LogP contribution in [0.1, 0.15) is 55.1 Å². The maximum absolute atomic E-state index is 13.3. The largest absolute Gasteiger partial charge is 0.379 e. The molecule has 6 rings (SSSR count). The van der Waals surface area contributed by atoms with E-state index in [0.29, 0.717) is 35.3 Å². The summed E-state index contributed by atoms with van der Waals surface area (Å²) < 4.78 is 37.4. The van der Waals surface area contributed by atoms with Crippen molar-refractivity contribution in [2.45, 2.75) is 37.1 Å². The molecule has 0 heterocycles. The molecule has 0 fully saturated rings. The van der Waals surface area contributed by atoms with Crippen molar-refractivity contribution in [3.05, 3.63) is 128 Å². The molecule has 2 aliphatic carbocycles. The molecule has 0 saturated heterocycles. The number of rotatable bonds is 7. The van der Waals surface area contributed by atoms with Crippen LogP contribution in [0.25, 0.3) is 0 Å². The fourth-order valence-corrected chi connectivity index (χ4v) is 6.48.